The number of rotatable bonds is 2. The molecule has 0 unspecified atom stereocenters. The number of carbonyl (C=O) groups excluding carboxylic acids is 1. The van der Waals surface area contributed by atoms with E-state index in [0.717, 1.165) is 37.2 Å². The largest absolute Gasteiger partial charge is 0.492 e. The number of aryl methyl sites for hydroxylation is 1. The maximum absolute atomic E-state index is 11.8. The summed E-state index contributed by atoms with van der Waals surface area (Å²) in [7, 11) is 0. The molecule has 0 aliphatic carbocycles. The number of fused-ring (bicyclic) bond motifs is 1. The quantitative estimate of drug-likeness (QED) is 0.885. The molecule has 4 nitrogen and oxygen atoms in total. The van der Waals surface area contributed by atoms with Gasteiger partial charge in [-0.15, -0.1) is 0 Å². The van der Waals surface area contributed by atoms with E-state index in [0.29, 0.717) is 24.3 Å². The molecular weight excluding hydrogens is 242 g/mol. The molecule has 1 fully saturated rings. The van der Waals surface area contributed by atoms with Crippen LogP contribution < -0.4 is 14.8 Å². The van der Waals surface area contributed by atoms with Crippen molar-refractivity contribution in [3.63, 3.8) is 0 Å². The van der Waals surface area contributed by atoms with Crippen molar-refractivity contribution in [1.29, 1.82) is 0 Å². The highest BCUT2D eigenvalue weighted by molar-refractivity contribution is 6.00. The number of ketones is 1. The molecule has 1 aromatic rings. The number of ether oxygens (including phenoxy) is 2. The summed E-state index contributed by atoms with van der Waals surface area (Å²) in [6.07, 6.45) is 2.78. The summed E-state index contributed by atoms with van der Waals surface area (Å²) in [6.45, 7) is 4.47. The van der Waals surface area contributed by atoms with Crippen molar-refractivity contribution in [2.24, 2.45) is 0 Å². The minimum Gasteiger partial charge on any atom is -0.492 e. The highest BCUT2D eigenvalue weighted by atomic mass is 16.5. The molecule has 4 heteroatoms. The summed E-state index contributed by atoms with van der Waals surface area (Å²) in [5.41, 5.74) is 1.71. The molecule has 0 spiro atoms. The van der Waals surface area contributed by atoms with Crippen molar-refractivity contribution in [1.82, 2.24) is 5.32 Å². The van der Waals surface area contributed by atoms with Gasteiger partial charge in [0.2, 0.25) is 0 Å². The summed E-state index contributed by atoms with van der Waals surface area (Å²) in [4.78, 5) is 11.8. The predicted molar refractivity (Wildman–Crippen MR) is 72.1 cm³/mol. The van der Waals surface area contributed by atoms with Crippen molar-refractivity contribution in [2.75, 3.05) is 19.7 Å². The van der Waals surface area contributed by atoms with Crippen LogP contribution in [0.5, 0.6) is 11.5 Å². The first-order valence-electron chi connectivity index (χ1n) is 6.92. The number of carbonyl (C=O) groups is 1. The molecule has 102 valence electrons. The van der Waals surface area contributed by atoms with Gasteiger partial charge in [-0.05, 0) is 44.5 Å². The predicted octanol–water partition coefficient (Wildman–Crippen LogP) is 2.09. The zero-order chi connectivity index (χ0) is 13.2. The van der Waals surface area contributed by atoms with Gasteiger partial charge in [0.25, 0.3) is 0 Å². The van der Waals surface area contributed by atoms with Crippen LogP contribution >= 0.6 is 0 Å². The van der Waals surface area contributed by atoms with Crippen LogP contribution in [0.1, 0.15) is 35.2 Å². The fraction of sp³-hybridized carbons (Fsp3) is 0.533. The lowest BCUT2D eigenvalue weighted by atomic mass is 10.0. The Morgan fingerprint density at radius 1 is 1.32 bits per heavy atom. The zero-order valence-electron chi connectivity index (χ0n) is 11.2. The van der Waals surface area contributed by atoms with Gasteiger partial charge in [-0.2, -0.15) is 0 Å². The molecule has 1 aromatic carbocycles. The standard InChI is InChI=1S/C15H19NO3/c1-10-8-12-13(17)4-7-18-15(12)9-14(10)19-11-2-5-16-6-3-11/h8-9,11,16H,2-7H2,1H3. The van der Waals surface area contributed by atoms with Crippen molar-refractivity contribution in [3.8, 4) is 11.5 Å². The van der Waals surface area contributed by atoms with Gasteiger partial charge in [-0.1, -0.05) is 0 Å². The van der Waals surface area contributed by atoms with E-state index in [1.807, 2.05) is 19.1 Å². The number of hydrogen-bond donors (Lipinski definition) is 1. The van der Waals surface area contributed by atoms with Crippen molar-refractivity contribution in [3.05, 3.63) is 23.3 Å². The molecule has 1 N–H and O–H groups in total. The Balaban J connectivity index is 1.83. The molecule has 2 aliphatic rings. The van der Waals surface area contributed by atoms with E-state index in [1.165, 1.54) is 0 Å². The number of hydrogen-bond acceptors (Lipinski definition) is 4. The molecule has 2 heterocycles. The smallest absolute Gasteiger partial charge is 0.170 e. The molecule has 0 radical (unpaired) electrons. The Morgan fingerprint density at radius 3 is 2.89 bits per heavy atom. The highest BCUT2D eigenvalue weighted by Gasteiger charge is 2.22. The Bertz CT molecular complexity index is 492. The molecule has 2 aliphatic heterocycles. The van der Waals surface area contributed by atoms with Crippen LogP contribution in [0.4, 0.5) is 0 Å². The van der Waals surface area contributed by atoms with E-state index in [4.69, 9.17) is 9.47 Å². The highest BCUT2D eigenvalue weighted by Crippen LogP contribution is 2.33. The molecule has 0 aromatic heterocycles. The summed E-state index contributed by atoms with van der Waals surface area (Å²) < 4.78 is 11.6. The van der Waals surface area contributed by atoms with Crippen molar-refractivity contribution < 1.29 is 14.3 Å². The first kappa shape index (κ1) is 12.5. The Morgan fingerprint density at radius 2 is 2.11 bits per heavy atom. The van der Waals surface area contributed by atoms with Crippen LogP contribution in [0, 0.1) is 6.92 Å². The maximum Gasteiger partial charge on any atom is 0.170 e. The van der Waals surface area contributed by atoms with Gasteiger partial charge < -0.3 is 14.8 Å². The average Bonchev–Trinajstić information content (AvgIpc) is 2.42. The van der Waals surface area contributed by atoms with Gasteiger partial charge in [-0.3, -0.25) is 4.79 Å². The van der Waals surface area contributed by atoms with E-state index >= 15 is 0 Å². The van der Waals surface area contributed by atoms with Crippen LogP contribution in [0.15, 0.2) is 12.1 Å². The Labute approximate surface area is 113 Å². The average molecular weight is 261 g/mol. The molecule has 0 atom stereocenters. The van der Waals surface area contributed by atoms with Gasteiger partial charge in [0.1, 0.15) is 17.6 Å². The van der Waals surface area contributed by atoms with E-state index in [1.54, 1.807) is 0 Å². The summed E-state index contributed by atoms with van der Waals surface area (Å²) in [6, 6.07) is 3.77. The van der Waals surface area contributed by atoms with Gasteiger partial charge in [0.05, 0.1) is 12.2 Å². The van der Waals surface area contributed by atoms with Crippen molar-refractivity contribution >= 4 is 5.78 Å². The van der Waals surface area contributed by atoms with Crippen LogP contribution in [-0.2, 0) is 0 Å². The first-order valence-corrected chi connectivity index (χ1v) is 6.92. The van der Waals surface area contributed by atoms with Gasteiger partial charge in [0.15, 0.2) is 5.78 Å². The summed E-state index contributed by atoms with van der Waals surface area (Å²) in [5.74, 6) is 1.68. The second-order valence-corrected chi connectivity index (χ2v) is 5.20. The molecule has 0 bridgehead atoms. The Kier molecular flexibility index (Phi) is 3.42. The molecular formula is C15H19NO3. The molecule has 0 saturated carbocycles. The van der Waals surface area contributed by atoms with E-state index in [9.17, 15) is 4.79 Å². The second kappa shape index (κ2) is 5.21. The van der Waals surface area contributed by atoms with Gasteiger partial charge >= 0.3 is 0 Å². The Hall–Kier alpha value is -1.55. The maximum atomic E-state index is 11.8. The van der Waals surface area contributed by atoms with E-state index in [-0.39, 0.29) is 11.9 Å². The lowest BCUT2D eigenvalue weighted by Gasteiger charge is -2.26. The lowest BCUT2D eigenvalue weighted by molar-refractivity contribution is 0.0932. The number of benzene rings is 1. The van der Waals surface area contributed by atoms with Crippen LogP contribution in [0.3, 0.4) is 0 Å². The van der Waals surface area contributed by atoms with Crippen LogP contribution in [0.2, 0.25) is 0 Å². The second-order valence-electron chi connectivity index (χ2n) is 5.20. The van der Waals surface area contributed by atoms with Crippen LogP contribution in [0.25, 0.3) is 0 Å². The van der Waals surface area contributed by atoms with Gasteiger partial charge in [-0.25, -0.2) is 0 Å². The van der Waals surface area contributed by atoms with Gasteiger partial charge in [0, 0.05) is 12.5 Å². The summed E-state index contributed by atoms with van der Waals surface area (Å²) in [5, 5.41) is 3.32. The van der Waals surface area contributed by atoms with E-state index in [2.05, 4.69) is 5.32 Å². The minimum atomic E-state index is 0.165. The summed E-state index contributed by atoms with van der Waals surface area (Å²) >= 11 is 0. The monoisotopic (exact) mass is 261 g/mol. The van der Waals surface area contributed by atoms with Crippen LogP contribution in [-0.4, -0.2) is 31.6 Å². The fourth-order valence-electron chi connectivity index (χ4n) is 2.61. The SMILES string of the molecule is Cc1cc2c(cc1OC1CCNCC1)OCCC2=O. The topological polar surface area (TPSA) is 47.6 Å². The third-order valence-corrected chi connectivity index (χ3v) is 3.74. The van der Waals surface area contributed by atoms with Crippen molar-refractivity contribution in [2.45, 2.75) is 32.3 Å². The molecule has 3 rings (SSSR count). The third-order valence-electron chi connectivity index (χ3n) is 3.74. The minimum absolute atomic E-state index is 0.165. The number of nitrogens with one attached hydrogen (secondary N) is 1. The third kappa shape index (κ3) is 2.59. The zero-order valence-corrected chi connectivity index (χ0v) is 11.2. The lowest BCUT2D eigenvalue weighted by Crippen LogP contribution is -2.34. The fourth-order valence-corrected chi connectivity index (χ4v) is 2.61. The number of piperidine rings is 1. The first-order chi connectivity index (χ1) is 9.24. The normalized spacial score (nSPS) is 19.7. The molecule has 1 saturated heterocycles. The molecule has 0 amide bonds. The number of Topliss-reactive ketones (excluding diaryl/α,β-unsaturated/α-hetero) is 1. The molecule has 19 heavy (non-hydrogen) atoms. The van der Waals surface area contributed by atoms with E-state index < -0.39 is 0 Å².